The minimum atomic E-state index is -3.96. The molecule has 0 spiro atoms. The van der Waals surface area contributed by atoms with Gasteiger partial charge in [-0.05, 0) is 42.0 Å². The van der Waals surface area contributed by atoms with E-state index >= 15 is 0 Å². The number of nitrogens with one attached hydrogen (secondary N) is 1. The van der Waals surface area contributed by atoms with Crippen LogP contribution >= 0.6 is 0 Å². The van der Waals surface area contributed by atoms with Gasteiger partial charge in [-0.15, -0.1) is 0 Å². The molecule has 140 valence electrons. The van der Waals surface area contributed by atoms with Crippen molar-refractivity contribution < 1.29 is 25.6 Å². The Balaban J connectivity index is 1.83. The average Bonchev–Trinajstić information content (AvgIpc) is 2.90. The van der Waals surface area contributed by atoms with Crippen molar-refractivity contribution in [3.05, 3.63) is 65.7 Å². The van der Waals surface area contributed by atoms with Gasteiger partial charge in [-0.3, -0.25) is 0 Å². The van der Waals surface area contributed by atoms with Crippen LogP contribution in [0, 0.1) is 11.6 Å². The molecule has 0 radical (unpaired) electrons. The highest BCUT2D eigenvalue weighted by Crippen LogP contribution is 2.26. The molecule has 0 amide bonds. The monoisotopic (exact) mass is 401 g/mol. The van der Waals surface area contributed by atoms with E-state index in [-0.39, 0.29) is 17.2 Å². The zero-order chi connectivity index (χ0) is 18.9. The topological polar surface area (TPSA) is 80.3 Å². The maximum Gasteiger partial charge on any atom is 0.183 e. The van der Waals surface area contributed by atoms with Crippen LogP contribution in [-0.2, 0) is 26.2 Å². The van der Waals surface area contributed by atoms with Crippen LogP contribution in [-0.4, -0.2) is 39.6 Å². The van der Waals surface area contributed by atoms with E-state index in [0.717, 1.165) is 24.3 Å². The van der Waals surface area contributed by atoms with Crippen LogP contribution in [0.25, 0.3) is 0 Å². The van der Waals surface area contributed by atoms with Gasteiger partial charge in [0, 0.05) is 12.6 Å². The number of sulfone groups is 2. The van der Waals surface area contributed by atoms with Gasteiger partial charge in [0.2, 0.25) is 0 Å². The third kappa shape index (κ3) is 4.11. The van der Waals surface area contributed by atoms with Crippen molar-refractivity contribution >= 4 is 19.7 Å². The highest BCUT2D eigenvalue weighted by atomic mass is 32.2. The van der Waals surface area contributed by atoms with Crippen LogP contribution in [0.4, 0.5) is 8.78 Å². The highest BCUT2D eigenvalue weighted by molar-refractivity contribution is 7.96. The molecule has 26 heavy (non-hydrogen) atoms. The van der Waals surface area contributed by atoms with E-state index in [2.05, 4.69) is 5.32 Å². The Morgan fingerprint density at radius 2 is 1.46 bits per heavy atom. The molecule has 2 aromatic rings. The molecule has 2 unspecified atom stereocenters. The standard InChI is InChI=1S/C17H17F2NO4S2/c18-13-3-1-12(2-4-13)9-20-16-10-25(21,22)11-17(16)26(23,24)15-7-5-14(19)6-8-15/h1-8,16-17,20H,9-11H2. The Morgan fingerprint density at radius 1 is 0.923 bits per heavy atom. The van der Waals surface area contributed by atoms with Crippen molar-refractivity contribution in [3.63, 3.8) is 0 Å². The first-order valence-corrected chi connectivity index (χ1v) is 11.2. The number of halogens is 2. The Kier molecular flexibility index (Phi) is 5.14. The largest absolute Gasteiger partial charge is 0.308 e. The molecular weight excluding hydrogens is 384 g/mol. The summed E-state index contributed by atoms with van der Waals surface area (Å²) >= 11 is 0. The van der Waals surface area contributed by atoms with E-state index in [4.69, 9.17) is 0 Å². The first kappa shape index (κ1) is 18.9. The average molecular weight is 401 g/mol. The van der Waals surface area contributed by atoms with E-state index in [9.17, 15) is 25.6 Å². The van der Waals surface area contributed by atoms with Gasteiger partial charge in [0.1, 0.15) is 11.6 Å². The second kappa shape index (κ2) is 7.05. The van der Waals surface area contributed by atoms with Gasteiger partial charge < -0.3 is 5.32 Å². The molecule has 1 fully saturated rings. The van der Waals surface area contributed by atoms with E-state index in [1.807, 2.05) is 0 Å². The summed E-state index contributed by atoms with van der Waals surface area (Å²) in [6.45, 7) is 0.204. The molecule has 0 aromatic heterocycles. The molecule has 2 atom stereocenters. The van der Waals surface area contributed by atoms with Crippen LogP contribution in [0.3, 0.4) is 0 Å². The fourth-order valence-corrected chi connectivity index (χ4v) is 7.68. The van der Waals surface area contributed by atoms with Gasteiger partial charge >= 0.3 is 0 Å². The molecule has 0 saturated carbocycles. The molecule has 9 heteroatoms. The lowest BCUT2D eigenvalue weighted by molar-refractivity contribution is 0.525. The third-order valence-electron chi connectivity index (χ3n) is 4.32. The van der Waals surface area contributed by atoms with Crippen molar-refractivity contribution in [3.8, 4) is 0 Å². The van der Waals surface area contributed by atoms with Crippen LogP contribution in [0.1, 0.15) is 5.56 Å². The lowest BCUT2D eigenvalue weighted by Gasteiger charge is -2.20. The zero-order valence-corrected chi connectivity index (χ0v) is 15.2. The molecule has 2 aromatic carbocycles. The normalized spacial score (nSPS) is 22.4. The molecular formula is C17H17F2NO4S2. The number of benzene rings is 2. The summed E-state index contributed by atoms with van der Waals surface area (Å²) in [5, 5.41) is 1.79. The van der Waals surface area contributed by atoms with Crippen LogP contribution in [0.2, 0.25) is 0 Å². The van der Waals surface area contributed by atoms with E-state index < -0.39 is 48.4 Å². The third-order valence-corrected chi connectivity index (χ3v) is 8.49. The predicted molar refractivity (Wildman–Crippen MR) is 93.1 cm³/mol. The lowest BCUT2D eigenvalue weighted by atomic mass is 10.2. The van der Waals surface area contributed by atoms with Crippen molar-refractivity contribution in [2.75, 3.05) is 11.5 Å². The fraction of sp³-hybridized carbons (Fsp3) is 0.294. The number of rotatable bonds is 5. The molecule has 3 rings (SSSR count). The first-order valence-electron chi connectivity index (χ1n) is 7.85. The maximum atomic E-state index is 13.1. The van der Waals surface area contributed by atoms with E-state index in [1.165, 1.54) is 24.3 Å². The number of hydrogen-bond acceptors (Lipinski definition) is 5. The molecule has 0 aliphatic carbocycles. The summed E-state index contributed by atoms with van der Waals surface area (Å²) < 4.78 is 75.7. The SMILES string of the molecule is O=S1(=O)CC(NCc2ccc(F)cc2)C(S(=O)(=O)c2ccc(F)cc2)C1. The predicted octanol–water partition coefficient (Wildman–Crippen LogP) is 1.69. The summed E-state index contributed by atoms with van der Waals surface area (Å²) in [4.78, 5) is -0.116. The summed E-state index contributed by atoms with van der Waals surface area (Å²) in [5.41, 5.74) is 0.702. The van der Waals surface area contributed by atoms with Crippen molar-refractivity contribution in [2.24, 2.45) is 0 Å². The molecule has 0 bridgehead atoms. The van der Waals surface area contributed by atoms with E-state index in [0.29, 0.717) is 5.56 Å². The Hall–Kier alpha value is -1.84. The summed E-state index contributed by atoms with van der Waals surface area (Å²) in [5.74, 6) is -1.77. The molecule has 1 aliphatic rings. The van der Waals surface area contributed by atoms with Gasteiger partial charge in [0.25, 0.3) is 0 Å². The minimum Gasteiger partial charge on any atom is -0.308 e. The van der Waals surface area contributed by atoms with Crippen LogP contribution in [0.5, 0.6) is 0 Å². The summed E-state index contributed by atoms with van der Waals surface area (Å²) in [6, 6.07) is 9.13. The Labute approximate surface area is 150 Å². The molecule has 1 aliphatic heterocycles. The van der Waals surface area contributed by atoms with Gasteiger partial charge in [0.15, 0.2) is 19.7 Å². The lowest BCUT2D eigenvalue weighted by Crippen LogP contribution is -2.43. The molecule has 1 N–H and O–H groups in total. The summed E-state index contributed by atoms with van der Waals surface area (Å²) in [7, 11) is -7.49. The van der Waals surface area contributed by atoms with Gasteiger partial charge in [0.05, 0.1) is 21.7 Å². The van der Waals surface area contributed by atoms with Crippen molar-refractivity contribution in [1.82, 2.24) is 5.32 Å². The molecule has 1 saturated heterocycles. The van der Waals surface area contributed by atoms with E-state index in [1.54, 1.807) is 0 Å². The van der Waals surface area contributed by atoms with Crippen LogP contribution < -0.4 is 5.32 Å². The second-order valence-corrected chi connectivity index (χ2v) is 10.5. The minimum absolute atomic E-state index is 0.116. The Bertz CT molecular complexity index is 988. The van der Waals surface area contributed by atoms with Gasteiger partial charge in [-0.1, -0.05) is 12.1 Å². The molecule has 5 nitrogen and oxygen atoms in total. The highest BCUT2D eigenvalue weighted by Gasteiger charge is 2.45. The van der Waals surface area contributed by atoms with Crippen molar-refractivity contribution in [1.29, 1.82) is 0 Å². The number of hydrogen-bond donors (Lipinski definition) is 1. The first-order chi connectivity index (χ1) is 12.2. The Morgan fingerprint density at radius 3 is 2.04 bits per heavy atom. The second-order valence-electron chi connectivity index (χ2n) is 6.23. The fourth-order valence-electron chi connectivity index (χ4n) is 2.96. The van der Waals surface area contributed by atoms with Gasteiger partial charge in [-0.25, -0.2) is 25.6 Å². The quantitative estimate of drug-likeness (QED) is 0.772. The van der Waals surface area contributed by atoms with Gasteiger partial charge in [-0.2, -0.15) is 0 Å². The maximum absolute atomic E-state index is 13.1. The van der Waals surface area contributed by atoms with Crippen LogP contribution in [0.15, 0.2) is 53.4 Å². The summed E-state index contributed by atoms with van der Waals surface area (Å²) in [6.07, 6.45) is 0. The molecule has 1 heterocycles. The van der Waals surface area contributed by atoms with Crippen molar-refractivity contribution in [2.45, 2.75) is 22.7 Å². The smallest absolute Gasteiger partial charge is 0.183 e. The zero-order valence-electron chi connectivity index (χ0n) is 13.6.